The van der Waals surface area contributed by atoms with Crippen molar-refractivity contribution in [2.75, 3.05) is 31.1 Å². The molecule has 34 heavy (non-hydrogen) atoms. The van der Waals surface area contributed by atoms with Gasteiger partial charge in [-0.3, -0.25) is 4.90 Å². The molecule has 1 fully saturated rings. The molecule has 4 rings (SSSR count). The van der Waals surface area contributed by atoms with Gasteiger partial charge in [0.1, 0.15) is 0 Å². The first-order valence-electron chi connectivity index (χ1n) is 11.1. The molecular weight excluding hydrogens is 484 g/mol. The van der Waals surface area contributed by atoms with Crippen LogP contribution in [-0.2, 0) is 12.7 Å². The maximum absolute atomic E-state index is 12.9. The van der Waals surface area contributed by atoms with Gasteiger partial charge in [-0.05, 0) is 36.1 Å². The number of benzene rings is 2. The predicted octanol–water partition coefficient (Wildman–Crippen LogP) is 6.54. The fourth-order valence-corrected chi connectivity index (χ4v) is 4.81. The van der Waals surface area contributed by atoms with Crippen LogP contribution in [-0.4, -0.2) is 41.0 Å². The molecule has 0 aliphatic carbocycles. The molecule has 0 N–H and O–H groups in total. The Bertz CT molecular complexity index is 1090. The largest absolute Gasteiger partial charge is 0.419 e. The van der Waals surface area contributed by atoms with Crippen molar-refractivity contribution in [1.82, 2.24) is 14.9 Å². The fourth-order valence-electron chi connectivity index (χ4n) is 4.50. The van der Waals surface area contributed by atoms with E-state index in [4.69, 9.17) is 23.2 Å². The summed E-state index contributed by atoms with van der Waals surface area (Å²) < 4.78 is 38.8. The van der Waals surface area contributed by atoms with Crippen LogP contribution in [0.25, 0.3) is 0 Å². The van der Waals surface area contributed by atoms with Crippen molar-refractivity contribution in [3.8, 4) is 0 Å². The van der Waals surface area contributed by atoms with Gasteiger partial charge in [0.2, 0.25) is 5.95 Å². The van der Waals surface area contributed by atoms with Crippen molar-refractivity contribution in [3.63, 3.8) is 0 Å². The van der Waals surface area contributed by atoms with E-state index in [9.17, 15) is 13.2 Å². The van der Waals surface area contributed by atoms with Crippen LogP contribution < -0.4 is 4.90 Å². The van der Waals surface area contributed by atoms with Crippen molar-refractivity contribution in [2.45, 2.75) is 25.6 Å². The van der Waals surface area contributed by atoms with Gasteiger partial charge in [-0.25, -0.2) is 9.97 Å². The minimum atomic E-state index is -4.46. The van der Waals surface area contributed by atoms with E-state index in [1.807, 2.05) is 48.2 Å². The SMILES string of the molecule is CCN(C[C@H]1CN(Cc2ccccc2)C[C@@H]1c1ccc(Cl)c(Cl)c1)c1ncc(C(F)(F)F)cn1. The molecule has 1 aliphatic heterocycles. The molecule has 0 unspecified atom stereocenters. The summed E-state index contributed by atoms with van der Waals surface area (Å²) in [5.74, 6) is 0.679. The summed E-state index contributed by atoms with van der Waals surface area (Å²) in [5, 5.41) is 1.02. The number of alkyl halides is 3. The Morgan fingerprint density at radius 1 is 1.00 bits per heavy atom. The number of halogens is 5. The Kier molecular flexibility index (Phi) is 7.65. The number of nitrogens with zero attached hydrogens (tertiary/aromatic N) is 4. The Balaban J connectivity index is 1.57. The van der Waals surface area contributed by atoms with Crippen LogP contribution >= 0.6 is 23.2 Å². The summed E-state index contributed by atoms with van der Waals surface area (Å²) in [7, 11) is 0. The molecular formula is C25H25Cl2F3N4. The maximum Gasteiger partial charge on any atom is 0.419 e. The number of anilines is 1. The average Bonchev–Trinajstić information content (AvgIpc) is 3.21. The van der Waals surface area contributed by atoms with Crippen LogP contribution in [0.15, 0.2) is 60.9 Å². The van der Waals surface area contributed by atoms with Crippen LogP contribution in [0, 0.1) is 5.92 Å². The predicted molar refractivity (Wildman–Crippen MR) is 129 cm³/mol. The third-order valence-corrected chi connectivity index (χ3v) is 6.96. The molecule has 9 heteroatoms. The van der Waals surface area contributed by atoms with Gasteiger partial charge in [0.05, 0.1) is 15.6 Å². The Morgan fingerprint density at radius 3 is 2.32 bits per heavy atom. The van der Waals surface area contributed by atoms with Crippen LogP contribution in [0.4, 0.5) is 19.1 Å². The van der Waals surface area contributed by atoms with Crippen molar-refractivity contribution in [2.24, 2.45) is 5.92 Å². The number of hydrogen-bond donors (Lipinski definition) is 0. The lowest BCUT2D eigenvalue weighted by atomic mass is 9.88. The lowest BCUT2D eigenvalue weighted by Crippen LogP contribution is -2.34. The zero-order chi connectivity index (χ0) is 24.3. The van der Waals surface area contributed by atoms with Gasteiger partial charge in [-0.15, -0.1) is 0 Å². The molecule has 0 amide bonds. The highest BCUT2D eigenvalue weighted by molar-refractivity contribution is 6.42. The highest BCUT2D eigenvalue weighted by Gasteiger charge is 2.36. The maximum atomic E-state index is 12.9. The zero-order valence-corrected chi connectivity index (χ0v) is 20.2. The first-order chi connectivity index (χ1) is 16.2. The van der Waals surface area contributed by atoms with Gasteiger partial charge < -0.3 is 4.90 Å². The molecule has 1 saturated heterocycles. The third kappa shape index (κ3) is 5.82. The van der Waals surface area contributed by atoms with E-state index >= 15 is 0 Å². The van der Waals surface area contributed by atoms with Crippen LogP contribution in [0.3, 0.4) is 0 Å². The van der Waals surface area contributed by atoms with Gasteiger partial charge in [-0.1, -0.05) is 59.6 Å². The quantitative estimate of drug-likeness (QED) is 0.362. The monoisotopic (exact) mass is 508 g/mol. The Labute approximate surface area is 207 Å². The van der Waals surface area contributed by atoms with E-state index in [0.29, 0.717) is 29.1 Å². The van der Waals surface area contributed by atoms with Crippen molar-refractivity contribution in [3.05, 3.63) is 87.7 Å². The van der Waals surface area contributed by atoms with Gasteiger partial charge in [0, 0.05) is 51.0 Å². The second-order valence-corrected chi connectivity index (χ2v) is 9.34. The molecule has 1 aliphatic rings. The van der Waals surface area contributed by atoms with Crippen LogP contribution in [0.1, 0.15) is 29.5 Å². The third-order valence-electron chi connectivity index (χ3n) is 6.22. The van der Waals surface area contributed by atoms with E-state index in [0.717, 1.165) is 37.6 Å². The first-order valence-corrected chi connectivity index (χ1v) is 11.9. The minimum Gasteiger partial charge on any atom is -0.341 e. The second kappa shape index (κ2) is 10.5. The van der Waals surface area contributed by atoms with Gasteiger partial charge in [-0.2, -0.15) is 13.2 Å². The Hall–Kier alpha value is -2.35. The van der Waals surface area contributed by atoms with Crippen LogP contribution in [0.5, 0.6) is 0 Å². The average molecular weight is 509 g/mol. The van der Waals surface area contributed by atoms with Crippen LogP contribution in [0.2, 0.25) is 10.0 Å². The van der Waals surface area contributed by atoms with Gasteiger partial charge in [0.25, 0.3) is 0 Å². The molecule has 1 aromatic heterocycles. The zero-order valence-electron chi connectivity index (χ0n) is 18.6. The Morgan fingerprint density at radius 2 is 1.71 bits per heavy atom. The molecule has 2 heterocycles. The second-order valence-electron chi connectivity index (χ2n) is 8.53. The van der Waals surface area contributed by atoms with Gasteiger partial charge in [0.15, 0.2) is 0 Å². The molecule has 0 bridgehead atoms. The number of hydrogen-bond acceptors (Lipinski definition) is 4. The molecule has 0 spiro atoms. The van der Waals surface area contributed by atoms with Crippen molar-refractivity contribution >= 4 is 29.2 Å². The lowest BCUT2D eigenvalue weighted by Gasteiger charge is -2.27. The smallest absolute Gasteiger partial charge is 0.341 e. The summed E-state index contributed by atoms with van der Waals surface area (Å²) in [6.45, 7) is 5.62. The van der Waals surface area contributed by atoms with Crippen molar-refractivity contribution < 1.29 is 13.2 Å². The van der Waals surface area contributed by atoms with Crippen molar-refractivity contribution in [1.29, 1.82) is 0 Å². The first kappa shape index (κ1) is 24.8. The minimum absolute atomic E-state index is 0.182. The lowest BCUT2D eigenvalue weighted by molar-refractivity contribution is -0.138. The number of likely N-dealkylation sites (tertiary alicyclic amines) is 1. The molecule has 2 atom stereocenters. The normalized spacial score (nSPS) is 18.9. The molecule has 4 nitrogen and oxygen atoms in total. The molecule has 180 valence electrons. The summed E-state index contributed by atoms with van der Waals surface area (Å²) >= 11 is 12.5. The highest BCUT2D eigenvalue weighted by Crippen LogP contribution is 2.37. The molecule has 0 saturated carbocycles. The number of aromatic nitrogens is 2. The summed E-state index contributed by atoms with van der Waals surface area (Å²) in [5.41, 5.74) is 1.48. The fraction of sp³-hybridized carbons (Fsp3) is 0.360. The molecule has 2 aromatic carbocycles. The van der Waals surface area contributed by atoms with E-state index in [1.54, 1.807) is 0 Å². The highest BCUT2D eigenvalue weighted by atomic mass is 35.5. The van der Waals surface area contributed by atoms with E-state index < -0.39 is 11.7 Å². The summed E-state index contributed by atoms with van der Waals surface area (Å²) in [4.78, 5) is 12.4. The standard InChI is InChI=1S/C25H25Cl2F3N4/c1-2-34(24-31-11-20(12-32-24)25(28,29)30)15-19-14-33(13-17-6-4-3-5-7-17)16-21(19)18-8-9-22(26)23(27)10-18/h3-12,19,21H,2,13-16H2,1H3/t19-,21-/m1/s1. The summed E-state index contributed by atoms with van der Waals surface area (Å²) in [6.07, 6.45) is -2.77. The van der Waals surface area contributed by atoms with E-state index in [1.165, 1.54) is 5.56 Å². The summed E-state index contributed by atoms with van der Waals surface area (Å²) in [6, 6.07) is 16.0. The molecule has 3 aromatic rings. The molecule has 0 radical (unpaired) electrons. The van der Waals surface area contributed by atoms with E-state index in [2.05, 4.69) is 27.0 Å². The number of rotatable bonds is 7. The van der Waals surface area contributed by atoms with Gasteiger partial charge >= 0.3 is 6.18 Å². The topological polar surface area (TPSA) is 32.3 Å². The van der Waals surface area contributed by atoms with E-state index in [-0.39, 0.29) is 11.8 Å².